The number of methoxy groups -OCH3 is 1. The Balaban J connectivity index is 2.06. The van der Waals surface area contributed by atoms with Crippen LogP contribution in [0.15, 0.2) is 50.5 Å². The van der Waals surface area contributed by atoms with Gasteiger partial charge in [0, 0.05) is 12.5 Å². The van der Waals surface area contributed by atoms with Crippen LogP contribution in [0.2, 0.25) is 0 Å². The summed E-state index contributed by atoms with van der Waals surface area (Å²) in [6, 6.07) is 8.29. The molecular weight excluding hydrogens is 346 g/mol. The summed E-state index contributed by atoms with van der Waals surface area (Å²) in [5, 5.41) is 11.1. The summed E-state index contributed by atoms with van der Waals surface area (Å²) in [4.78, 5) is 7.87. The third kappa shape index (κ3) is 3.87. The second-order valence-electron chi connectivity index (χ2n) is 4.73. The Morgan fingerprint density at radius 3 is 2.70 bits per heavy atom. The van der Waals surface area contributed by atoms with E-state index in [9.17, 15) is 0 Å². The molecule has 4 nitrogen and oxygen atoms in total. The molecule has 3 aromatic heterocycles. The molecule has 0 aromatic carbocycles. The maximum Gasteiger partial charge on any atom is 0.206 e. The van der Waals surface area contributed by atoms with E-state index in [0.717, 1.165) is 16.2 Å². The Hall–Kier alpha value is -1.54. The second-order valence-corrected chi connectivity index (χ2v) is 7.46. The van der Waals surface area contributed by atoms with Gasteiger partial charge in [-0.3, -0.25) is 4.99 Å². The molecule has 0 radical (unpaired) electrons. The van der Waals surface area contributed by atoms with Crippen LogP contribution in [-0.4, -0.2) is 30.6 Å². The normalized spacial score (nSPS) is 13.0. The van der Waals surface area contributed by atoms with E-state index < -0.39 is 0 Å². The van der Waals surface area contributed by atoms with Gasteiger partial charge in [-0.15, -0.1) is 34.0 Å². The van der Waals surface area contributed by atoms with Crippen molar-refractivity contribution in [2.45, 2.75) is 6.92 Å². The third-order valence-corrected chi connectivity index (χ3v) is 5.85. The van der Waals surface area contributed by atoms with E-state index in [-0.39, 0.29) is 0 Å². The summed E-state index contributed by atoms with van der Waals surface area (Å²) in [7, 11) is 1.69. The molecular formula is C16H17N3OS3. The summed E-state index contributed by atoms with van der Waals surface area (Å²) in [6.07, 6.45) is 0. The van der Waals surface area contributed by atoms with Gasteiger partial charge in [0.15, 0.2) is 0 Å². The highest BCUT2D eigenvalue weighted by Gasteiger charge is 2.09. The molecule has 120 valence electrons. The van der Waals surface area contributed by atoms with Crippen molar-refractivity contribution < 1.29 is 4.74 Å². The fourth-order valence-electron chi connectivity index (χ4n) is 2.02. The molecule has 0 aliphatic carbocycles. The minimum absolute atomic E-state index is 0.611. The first-order valence-electron chi connectivity index (χ1n) is 7.13. The van der Waals surface area contributed by atoms with Gasteiger partial charge in [-0.25, -0.2) is 4.68 Å². The van der Waals surface area contributed by atoms with Crippen LogP contribution in [0.5, 0.6) is 0 Å². The first-order chi connectivity index (χ1) is 11.3. The van der Waals surface area contributed by atoms with Gasteiger partial charge in [-0.2, -0.15) is 5.10 Å². The van der Waals surface area contributed by atoms with Gasteiger partial charge >= 0.3 is 0 Å². The van der Waals surface area contributed by atoms with Crippen molar-refractivity contribution in [1.29, 1.82) is 0 Å². The standard InChI is InChI=1S/C16H17N3OS3/c1-12(14-5-3-9-21-14)18-19-13(15-6-4-10-22-15)11-23-16(19)17-7-8-20-2/h3-6,9-11H,7-8H2,1-2H3/b17-16?,18-12+. The van der Waals surface area contributed by atoms with Crippen LogP contribution < -0.4 is 4.80 Å². The molecule has 0 N–H and O–H groups in total. The lowest BCUT2D eigenvalue weighted by molar-refractivity contribution is 0.207. The molecule has 23 heavy (non-hydrogen) atoms. The predicted octanol–water partition coefficient (Wildman–Crippen LogP) is 4.16. The quantitative estimate of drug-likeness (QED) is 0.479. The zero-order chi connectivity index (χ0) is 16.1. The average molecular weight is 364 g/mol. The lowest BCUT2D eigenvalue weighted by Gasteiger charge is -2.03. The highest BCUT2D eigenvalue weighted by Crippen LogP contribution is 2.25. The van der Waals surface area contributed by atoms with Crippen LogP contribution in [0.3, 0.4) is 0 Å². The highest BCUT2D eigenvalue weighted by atomic mass is 32.1. The zero-order valence-electron chi connectivity index (χ0n) is 12.9. The Morgan fingerprint density at radius 2 is 2.00 bits per heavy atom. The summed E-state index contributed by atoms with van der Waals surface area (Å²) >= 11 is 5.01. The van der Waals surface area contributed by atoms with Crippen LogP contribution in [0, 0.1) is 0 Å². The summed E-state index contributed by atoms with van der Waals surface area (Å²) in [5.41, 5.74) is 2.07. The fraction of sp³-hybridized carbons (Fsp3) is 0.250. The van der Waals surface area contributed by atoms with Crippen LogP contribution in [0.4, 0.5) is 0 Å². The number of nitrogens with zero attached hydrogens (tertiary/aromatic N) is 3. The van der Waals surface area contributed by atoms with Crippen molar-refractivity contribution in [3.05, 3.63) is 50.1 Å². The number of hydrogen-bond acceptors (Lipinski definition) is 6. The Bertz CT molecular complexity index is 826. The molecule has 0 amide bonds. The van der Waals surface area contributed by atoms with Gasteiger partial charge < -0.3 is 4.74 Å². The number of hydrogen-bond donors (Lipinski definition) is 0. The van der Waals surface area contributed by atoms with Gasteiger partial charge in [0.1, 0.15) is 0 Å². The van der Waals surface area contributed by atoms with Gasteiger partial charge in [0.2, 0.25) is 4.80 Å². The van der Waals surface area contributed by atoms with Crippen molar-refractivity contribution in [1.82, 2.24) is 4.68 Å². The molecule has 0 unspecified atom stereocenters. The van der Waals surface area contributed by atoms with E-state index in [1.54, 1.807) is 41.1 Å². The average Bonchev–Trinajstić information content (AvgIpc) is 3.29. The molecule has 3 heterocycles. The van der Waals surface area contributed by atoms with Crippen LogP contribution in [0.25, 0.3) is 10.6 Å². The number of rotatable bonds is 6. The maximum absolute atomic E-state index is 5.09. The molecule has 0 atom stereocenters. The minimum atomic E-state index is 0.611. The molecule has 0 bridgehead atoms. The monoisotopic (exact) mass is 363 g/mol. The first-order valence-corrected chi connectivity index (χ1v) is 9.77. The molecule has 3 rings (SSSR count). The van der Waals surface area contributed by atoms with Crippen LogP contribution >= 0.6 is 34.0 Å². The van der Waals surface area contributed by atoms with Gasteiger partial charge in [-0.05, 0) is 29.8 Å². The van der Waals surface area contributed by atoms with E-state index in [4.69, 9.17) is 9.84 Å². The van der Waals surface area contributed by atoms with Gasteiger partial charge in [0.05, 0.1) is 34.3 Å². The smallest absolute Gasteiger partial charge is 0.206 e. The van der Waals surface area contributed by atoms with Crippen LogP contribution in [0.1, 0.15) is 11.8 Å². The first kappa shape index (κ1) is 16.3. The molecule has 0 fully saturated rings. The SMILES string of the molecule is COCCN=c1scc(-c2cccs2)n1/N=C(\C)c1cccs1. The number of thiophene rings is 2. The second kappa shape index (κ2) is 7.83. The number of thiazole rings is 1. The van der Waals surface area contributed by atoms with E-state index in [1.165, 1.54) is 9.75 Å². The highest BCUT2D eigenvalue weighted by molar-refractivity contribution is 7.14. The maximum atomic E-state index is 5.09. The Labute approximate surface area is 147 Å². The van der Waals surface area contributed by atoms with E-state index in [0.29, 0.717) is 13.2 Å². The minimum Gasteiger partial charge on any atom is -0.383 e. The Kier molecular flexibility index (Phi) is 5.56. The zero-order valence-corrected chi connectivity index (χ0v) is 15.4. The molecule has 3 aromatic rings. The summed E-state index contributed by atoms with van der Waals surface area (Å²) in [5.74, 6) is 0. The van der Waals surface area contributed by atoms with Crippen molar-refractivity contribution >= 4 is 39.7 Å². The molecule has 7 heteroatoms. The number of aromatic nitrogens is 1. The van der Waals surface area contributed by atoms with Crippen LogP contribution in [-0.2, 0) is 4.74 Å². The largest absolute Gasteiger partial charge is 0.383 e. The molecule has 0 aliphatic heterocycles. The topological polar surface area (TPSA) is 38.9 Å². The molecule has 0 aliphatic rings. The van der Waals surface area contributed by atoms with E-state index in [1.807, 2.05) is 17.7 Å². The van der Waals surface area contributed by atoms with Crippen molar-refractivity contribution in [3.8, 4) is 10.6 Å². The van der Waals surface area contributed by atoms with Crippen molar-refractivity contribution in [2.24, 2.45) is 10.1 Å². The van der Waals surface area contributed by atoms with Gasteiger partial charge in [0.25, 0.3) is 0 Å². The summed E-state index contributed by atoms with van der Waals surface area (Å²) in [6.45, 7) is 3.28. The fourth-order valence-corrected chi connectivity index (χ4v) is 4.34. The third-order valence-electron chi connectivity index (χ3n) is 3.13. The molecule has 0 saturated carbocycles. The van der Waals surface area contributed by atoms with Crippen molar-refractivity contribution in [3.63, 3.8) is 0 Å². The lowest BCUT2D eigenvalue weighted by atomic mass is 10.3. The molecule has 0 spiro atoms. The molecule has 0 saturated heterocycles. The predicted molar refractivity (Wildman–Crippen MR) is 99.9 cm³/mol. The van der Waals surface area contributed by atoms with E-state index in [2.05, 4.69) is 39.3 Å². The Morgan fingerprint density at radius 1 is 1.17 bits per heavy atom. The van der Waals surface area contributed by atoms with Crippen molar-refractivity contribution in [2.75, 3.05) is 20.3 Å². The van der Waals surface area contributed by atoms with E-state index >= 15 is 0 Å². The lowest BCUT2D eigenvalue weighted by Crippen LogP contribution is -2.15. The summed E-state index contributed by atoms with van der Waals surface area (Å²) < 4.78 is 7.04. The van der Waals surface area contributed by atoms with Gasteiger partial charge in [-0.1, -0.05) is 12.1 Å². The number of ether oxygens (including phenoxy) is 1.